The predicted molar refractivity (Wildman–Crippen MR) is 25.5 cm³/mol. The van der Waals surface area contributed by atoms with Crippen LogP contribution in [0.1, 0.15) is 0 Å². The molecule has 0 aliphatic rings. The molecule has 0 aromatic rings. The molecule has 0 heterocycles. The van der Waals surface area contributed by atoms with E-state index in [0.29, 0.717) is 0 Å². The molecule has 2 amide bonds. The summed E-state index contributed by atoms with van der Waals surface area (Å²) in [5.41, 5.74) is 4.58. The van der Waals surface area contributed by atoms with Gasteiger partial charge in [-0.15, -0.1) is 0 Å². The monoisotopic (exact) mass is 181 g/mol. The van der Waals surface area contributed by atoms with Gasteiger partial charge in [-0.05, 0) is 0 Å². The summed E-state index contributed by atoms with van der Waals surface area (Å²) in [6, 6.07) is -0.665. The molecule has 0 aliphatic carbocycles. The van der Waals surface area contributed by atoms with Crippen molar-refractivity contribution < 1.29 is 20.0 Å². The fraction of sp³-hybridized carbons (Fsp3) is 0. The maximum atomic E-state index is 9.72. The SMILES string of the molecule is N#[C][Fe][NH]C(N)=O.[KH]. The van der Waals surface area contributed by atoms with Crippen LogP contribution < -0.4 is 10.1 Å². The minimum atomic E-state index is -0.665. The number of nitrogens with two attached hydrogens (primary N) is 1. The van der Waals surface area contributed by atoms with Gasteiger partial charge in [-0.1, -0.05) is 0 Å². The zero-order valence-corrected chi connectivity index (χ0v) is 4.39. The zero-order chi connectivity index (χ0) is 5.70. The van der Waals surface area contributed by atoms with E-state index in [1.165, 1.54) is 0 Å². The number of primary amides is 1. The second-order valence-corrected chi connectivity index (χ2v) is 1.42. The van der Waals surface area contributed by atoms with Crippen molar-refractivity contribution in [3.63, 3.8) is 0 Å². The van der Waals surface area contributed by atoms with Crippen LogP contribution in [-0.4, -0.2) is 57.4 Å². The molecule has 0 spiro atoms. The minimum absolute atomic E-state index is 0. The summed E-state index contributed by atoms with van der Waals surface area (Å²) in [7, 11) is 0. The molecule has 42 valence electrons. The van der Waals surface area contributed by atoms with Gasteiger partial charge >= 0.3 is 97.7 Å². The molecule has 6 heteroatoms. The number of amides is 2. The number of hydrogen-bond acceptors (Lipinski definition) is 2. The van der Waals surface area contributed by atoms with Crippen LogP contribution in [0.3, 0.4) is 0 Å². The molecule has 0 radical (unpaired) electrons. The van der Waals surface area contributed by atoms with Crippen molar-refractivity contribution in [2.75, 3.05) is 0 Å². The van der Waals surface area contributed by atoms with E-state index in [0.717, 1.165) is 0 Å². The molecule has 0 saturated heterocycles. The van der Waals surface area contributed by atoms with Crippen LogP contribution in [0.25, 0.3) is 0 Å². The van der Waals surface area contributed by atoms with Gasteiger partial charge < -0.3 is 0 Å². The van der Waals surface area contributed by atoms with Gasteiger partial charge in [0.25, 0.3) is 0 Å². The summed E-state index contributed by atoms with van der Waals surface area (Å²) >= 11 is -0.0185. The molecule has 0 unspecified atom stereocenters. The summed E-state index contributed by atoms with van der Waals surface area (Å²) in [4.78, 5) is 11.4. The Labute approximate surface area is 96.0 Å². The Kier molecular flexibility index (Phi) is 11.6. The summed E-state index contributed by atoms with van der Waals surface area (Å²) in [5, 5.41) is 7.79. The topological polar surface area (TPSA) is 78.9 Å². The average Bonchev–Trinajstić information content (AvgIpc) is 1.61. The van der Waals surface area contributed by atoms with Crippen molar-refractivity contribution in [3.8, 4) is 4.97 Å². The molecular formula is C2H4FeKN3O. The Hall–Kier alpha value is 0.916. The van der Waals surface area contributed by atoms with Gasteiger partial charge in [0.1, 0.15) is 0 Å². The van der Waals surface area contributed by atoms with Crippen molar-refractivity contribution in [1.29, 1.82) is 5.26 Å². The van der Waals surface area contributed by atoms with Crippen molar-refractivity contribution in [1.82, 2.24) is 4.33 Å². The molecule has 0 bridgehead atoms. The first-order chi connectivity index (χ1) is 3.27. The molecule has 8 heavy (non-hydrogen) atoms. The molecular weight excluding hydrogens is 177 g/mol. The van der Waals surface area contributed by atoms with Gasteiger partial charge in [0.2, 0.25) is 0 Å². The van der Waals surface area contributed by atoms with Gasteiger partial charge in [-0.3, -0.25) is 0 Å². The second kappa shape index (κ2) is 7.92. The molecule has 0 saturated carbocycles. The molecule has 0 aliphatic heterocycles. The third-order valence-electron chi connectivity index (χ3n) is 0.171. The van der Waals surface area contributed by atoms with Gasteiger partial charge in [-0.25, -0.2) is 0 Å². The van der Waals surface area contributed by atoms with E-state index in [4.69, 9.17) is 5.26 Å². The average molecular weight is 181 g/mol. The first kappa shape index (κ1) is 11.7. The zero-order valence-electron chi connectivity index (χ0n) is 3.29. The Morgan fingerprint density at radius 1 is 1.88 bits per heavy atom. The number of nitriles is 1. The number of carbonyl (C=O) groups is 1. The number of nitrogens with one attached hydrogen (secondary N) is 1. The van der Waals surface area contributed by atoms with Crippen LogP contribution in [0.5, 0.6) is 0 Å². The van der Waals surface area contributed by atoms with E-state index in [1.54, 1.807) is 4.97 Å². The summed E-state index contributed by atoms with van der Waals surface area (Å²) < 4.78 is 2.07. The third-order valence-corrected chi connectivity index (χ3v) is 0.704. The van der Waals surface area contributed by atoms with E-state index in [1.807, 2.05) is 0 Å². The number of hydrogen-bond donors (Lipinski definition) is 2. The molecule has 0 aromatic heterocycles. The van der Waals surface area contributed by atoms with Gasteiger partial charge in [0, 0.05) is 0 Å². The Bertz CT molecular complexity index is 110. The van der Waals surface area contributed by atoms with Crippen LogP contribution in [0.2, 0.25) is 0 Å². The molecule has 3 N–H and O–H groups in total. The van der Waals surface area contributed by atoms with Gasteiger partial charge in [-0.2, -0.15) is 0 Å². The van der Waals surface area contributed by atoms with Crippen LogP contribution in [0.4, 0.5) is 4.79 Å². The van der Waals surface area contributed by atoms with Crippen LogP contribution in [0.15, 0.2) is 0 Å². The molecule has 0 rings (SSSR count). The number of rotatable bonds is 1. The fourth-order valence-electron chi connectivity index (χ4n) is 0.0633. The third kappa shape index (κ3) is 10.0. The van der Waals surface area contributed by atoms with Crippen molar-refractivity contribution in [2.24, 2.45) is 5.73 Å². The first-order valence-electron chi connectivity index (χ1n) is 1.32. The van der Waals surface area contributed by atoms with Crippen molar-refractivity contribution in [2.45, 2.75) is 0 Å². The van der Waals surface area contributed by atoms with Crippen molar-refractivity contribution >= 4 is 57.4 Å². The molecule has 0 atom stereocenters. The maximum absolute atomic E-state index is 9.72. The molecule has 0 aromatic carbocycles. The van der Waals surface area contributed by atoms with Crippen molar-refractivity contribution in [3.05, 3.63) is 0 Å². The van der Waals surface area contributed by atoms with E-state index in [9.17, 15) is 4.79 Å². The number of carbonyl (C=O) groups excluding carboxylic acids is 1. The van der Waals surface area contributed by atoms with Crippen LogP contribution in [0, 0.1) is 10.2 Å². The number of nitrogens with zero attached hydrogens (tertiary/aromatic N) is 1. The second-order valence-electron chi connectivity index (χ2n) is 0.620. The summed E-state index contributed by atoms with van der Waals surface area (Å²) in [6.07, 6.45) is 0. The predicted octanol–water partition coefficient (Wildman–Crippen LogP) is -1.52. The quantitative estimate of drug-likeness (QED) is 0.482. The Balaban J connectivity index is 0. The Morgan fingerprint density at radius 2 is 2.38 bits per heavy atom. The van der Waals surface area contributed by atoms with E-state index >= 15 is 0 Å². The van der Waals surface area contributed by atoms with E-state index in [-0.39, 0.29) is 66.6 Å². The summed E-state index contributed by atoms with van der Waals surface area (Å²) in [6.45, 7) is 0. The molecule has 4 nitrogen and oxygen atoms in total. The fourth-order valence-corrected chi connectivity index (χ4v) is 0.261. The normalized spacial score (nSPS) is 6.38. The Morgan fingerprint density at radius 3 is 2.50 bits per heavy atom. The van der Waals surface area contributed by atoms with E-state index in [2.05, 4.69) is 10.1 Å². The molecule has 0 fully saturated rings. The standard InChI is InChI=1S/CH4N2O.CN.Fe.K.H/c2-1(3)4;1-2;;;/h(H4,2,3,4);;;;/q;;+1;;/p-1. The van der Waals surface area contributed by atoms with Gasteiger partial charge in [0.05, 0.1) is 0 Å². The first-order valence-corrected chi connectivity index (χ1v) is 2.42. The van der Waals surface area contributed by atoms with E-state index < -0.39 is 6.03 Å². The van der Waals surface area contributed by atoms with Crippen LogP contribution in [-0.2, 0) is 15.2 Å². The van der Waals surface area contributed by atoms with Gasteiger partial charge in [0.15, 0.2) is 0 Å². The van der Waals surface area contributed by atoms with Crippen LogP contribution >= 0.6 is 0 Å². The number of urea groups is 1. The summed E-state index contributed by atoms with van der Waals surface area (Å²) in [5.74, 6) is 0.